The zero-order chi connectivity index (χ0) is 17.5. The van der Waals surface area contributed by atoms with Crippen LogP contribution in [0.25, 0.3) is 0 Å². The molecule has 0 bridgehead atoms. The second-order valence-electron chi connectivity index (χ2n) is 5.44. The summed E-state index contributed by atoms with van der Waals surface area (Å²) in [5, 5.41) is 8.00. The maximum atomic E-state index is 11.5. The Labute approximate surface area is 151 Å². The Morgan fingerprint density at radius 2 is 2.04 bits per heavy atom. The number of rotatable bonds is 8. The second-order valence-corrected chi connectivity index (χ2v) is 6.96. The van der Waals surface area contributed by atoms with Gasteiger partial charge in [0, 0.05) is 12.5 Å². The van der Waals surface area contributed by atoms with Gasteiger partial charge in [0.15, 0.2) is 0 Å². The van der Waals surface area contributed by atoms with E-state index in [4.69, 9.17) is 11.6 Å². The average Bonchev–Trinajstić information content (AvgIpc) is 2.95. The highest BCUT2D eigenvalue weighted by Crippen LogP contribution is 2.24. The second kappa shape index (κ2) is 8.94. The van der Waals surface area contributed by atoms with Gasteiger partial charge in [-0.1, -0.05) is 25.4 Å². The van der Waals surface area contributed by atoms with Crippen LogP contribution >= 0.6 is 22.9 Å². The van der Waals surface area contributed by atoms with Gasteiger partial charge in [-0.3, -0.25) is 10.1 Å². The first-order valence-electron chi connectivity index (χ1n) is 8.02. The van der Waals surface area contributed by atoms with Crippen LogP contribution < -0.4 is 10.6 Å². The summed E-state index contributed by atoms with van der Waals surface area (Å²) in [6, 6.07) is 2.28. The van der Waals surface area contributed by atoms with Gasteiger partial charge in [-0.05, 0) is 43.2 Å². The number of aromatic nitrogens is 3. The van der Waals surface area contributed by atoms with Gasteiger partial charge in [0.1, 0.15) is 5.82 Å². The predicted octanol–water partition coefficient (Wildman–Crippen LogP) is 4.07. The molecule has 24 heavy (non-hydrogen) atoms. The molecular formula is C16H22ClN5OS. The van der Waals surface area contributed by atoms with E-state index in [1.807, 2.05) is 5.38 Å². The first-order valence-corrected chi connectivity index (χ1v) is 9.28. The molecule has 2 rings (SSSR count). The van der Waals surface area contributed by atoms with Crippen LogP contribution in [0.1, 0.15) is 44.5 Å². The summed E-state index contributed by atoms with van der Waals surface area (Å²) in [4.78, 5) is 24.2. The van der Waals surface area contributed by atoms with Crippen molar-refractivity contribution in [2.45, 2.75) is 52.5 Å². The Morgan fingerprint density at radius 3 is 2.67 bits per heavy atom. The number of halogens is 1. The molecule has 0 spiro atoms. The summed E-state index contributed by atoms with van der Waals surface area (Å²) in [7, 11) is 0. The molecule has 2 heterocycles. The molecule has 0 fully saturated rings. The summed E-state index contributed by atoms with van der Waals surface area (Å²) in [5.41, 5.74) is 1.17. The van der Waals surface area contributed by atoms with Gasteiger partial charge >= 0.3 is 0 Å². The van der Waals surface area contributed by atoms with Crippen LogP contribution in [0.2, 0.25) is 4.34 Å². The third-order valence-corrected chi connectivity index (χ3v) is 4.85. The maximum absolute atomic E-state index is 11.5. The van der Waals surface area contributed by atoms with Gasteiger partial charge in [0.25, 0.3) is 0 Å². The quantitative estimate of drug-likeness (QED) is 0.735. The van der Waals surface area contributed by atoms with Crippen LogP contribution in [0.5, 0.6) is 0 Å². The Kier molecular flexibility index (Phi) is 6.93. The van der Waals surface area contributed by atoms with Gasteiger partial charge < -0.3 is 5.32 Å². The minimum atomic E-state index is -0.120. The zero-order valence-electron chi connectivity index (χ0n) is 14.1. The lowest BCUT2D eigenvalue weighted by atomic mass is 10.1. The van der Waals surface area contributed by atoms with Crippen molar-refractivity contribution < 1.29 is 4.79 Å². The number of carbonyl (C=O) groups is 1. The topological polar surface area (TPSA) is 79.8 Å². The van der Waals surface area contributed by atoms with E-state index in [-0.39, 0.29) is 17.9 Å². The standard InChI is InChI=1S/C16H22ClN5OS/c1-4-12(7-6-11-8-9-24-14(11)17)20-15-18-10(3)19-16(22-15)21-13(23)5-2/h8-9,12H,4-7H2,1-3H3,(H2,18,19,20,21,22,23). The third kappa shape index (κ3) is 5.42. The van der Waals surface area contributed by atoms with Crippen molar-refractivity contribution in [1.82, 2.24) is 15.0 Å². The van der Waals surface area contributed by atoms with E-state index >= 15 is 0 Å². The van der Waals surface area contributed by atoms with E-state index in [0.29, 0.717) is 18.2 Å². The summed E-state index contributed by atoms with van der Waals surface area (Å²) < 4.78 is 0.852. The number of thiophene rings is 1. The fraction of sp³-hybridized carbons (Fsp3) is 0.500. The molecule has 2 aromatic rings. The molecule has 0 radical (unpaired) electrons. The predicted molar refractivity (Wildman–Crippen MR) is 98.8 cm³/mol. The van der Waals surface area contributed by atoms with Crippen LogP contribution in [0, 0.1) is 6.92 Å². The molecule has 0 aliphatic rings. The molecule has 0 aliphatic carbocycles. The fourth-order valence-electron chi connectivity index (χ4n) is 2.20. The first kappa shape index (κ1) is 18.6. The zero-order valence-corrected chi connectivity index (χ0v) is 15.7. The SMILES string of the molecule is CCC(=O)Nc1nc(C)nc(NC(CC)CCc2ccsc2Cl)n1. The van der Waals surface area contributed by atoms with Crippen molar-refractivity contribution >= 4 is 40.7 Å². The van der Waals surface area contributed by atoms with Crippen molar-refractivity contribution in [2.75, 3.05) is 10.6 Å². The lowest BCUT2D eigenvalue weighted by Crippen LogP contribution is -2.22. The highest BCUT2D eigenvalue weighted by Gasteiger charge is 2.12. The van der Waals surface area contributed by atoms with Crippen LogP contribution in [-0.4, -0.2) is 26.9 Å². The van der Waals surface area contributed by atoms with Gasteiger partial charge in [-0.15, -0.1) is 11.3 Å². The number of amides is 1. The smallest absolute Gasteiger partial charge is 0.234 e. The molecule has 2 aromatic heterocycles. The Balaban J connectivity index is 2.01. The monoisotopic (exact) mass is 367 g/mol. The largest absolute Gasteiger partial charge is 0.351 e. The molecule has 130 valence electrons. The highest BCUT2D eigenvalue weighted by molar-refractivity contribution is 7.14. The van der Waals surface area contributed by atoms with E-state index in [1.54, 1.807) is 25.2 Å². The molecule has 0 saturated carbocycles. The normalized spacial score (nSPS) is 12.0. The number of hydrogen-bond acceptors (Lipinski definition) is 6. The van der Waals surface area contributed by atoms with E-state index in [9.17, 15) is 4.79 Å². The van der Waals surface area contributed by atoms with Crippen LogP contribution in [0.3, 0.4) is 0 Å². The maximum Gasteiger partial charge on any atom is 0.234 e. The van der Waals surface area contributed by atoms with E-state index in [0.717, 1.165) is 23.6 Å². The molecule has 1 amide bonds. The lowest BCUT2D eigenvalue weighted by Gasteiger charge is -2.17. The Bertz CT molecular complexity index is 691. The molecule has 6 nitrogen and oxygen atoms in total. The highest BCUT2D eigenvalue weighted by atomic mass is 35.5. The van der Waals surface area contributed by atoms with Crippen LogP contribution in [0.4, 0.5) is 11.9 Å². The Hall–Kier alpha value is -1.73. The molecule has 0 saturated heterocycles. The van der Waals surface area contributed by atoms with Crippen molar-refractivity contribution in [3.8, 4) is 0 Å². The van der Waals surface area contributed by atoms with Crippen molar-refractivity contribution in [2.24, 2.45) is 0 Å². The lowest BCUT2D eigenvalue weighted by molar-refractivity contribution is -0.115. The third-order valence-electron chi connectivity index (χ3n) is 3.60. The molecular weight excluding hydrogens is 346 g/mol. The summed E-state index contributed by atoms with van der Waals surface area (Å²) >= 11 is 7.71. The number of aryl methyl sites for hydroxylation is 2. The van der Waals surface area contributed by atoms with Crippen molar-refractivity contribution in [3.63, 3.8) is 0 Å². The molecule has 8 heteroatoms. The minimum absolute atomic E-state index is 0.120. The van der Waals surface area contributed by atoms with Crippen molar-refractivity contribution in [1.29, 1.82) is 0 Å². The summed E-state index contributed by atoms with van der Waals surface area (Å²) in [6.45, 7) is 5.67. The number of hydrogen-bond donors (Lipinski definition) is 2. The minimum Gasteiger partial charge on any atom is -0.351 e. The van der Waals surface area contributed by atoms with Gasteiger partial charge in [-0.2, -0.15) is 15.0 Å². The van der Waals surface area contributed by atoms with E-state index < -0.39 is 0 Å². The Morgan fingerprint density at radius 1 is 1.29 bits per heavy atom. The summed E-state index contributed by atoms with van der Waals surface area (Å²) in [5.74, 6) is 1.21. The average molecular weight is 368 g/mol. The summed E-state index contributed by atoms with van der Waals surface area (Å²) in [6.07, 6.45) is 3.14. The molecule has 0 aromatic carbocycles. The van der Waals surface area contributed by atoms with E-state index in [2.05, 4.69) is 38.6 Å². The molecule has 1 unspecified atom stereocenters. The molecule has 0 aliphatic heterocycles. The van der Waals surface area contributed by atoms with Crippen LogP contribution in [0.15, 0.2) is 11.4 Å². The van der Waals surface area contributed by atoms with Crippen LogP contribution in [-0.2, 0) is 11.2 Å². The number of anilines is 2. The number of carbonyl (C=O) groups excluding carboxylic acids is 1. The molecule has 2 N–H and O–H groups in total. The first-order chi connectivity index (χ1) is 11.5. The van der Waals surface area contributed by atoms with Gasteiger partial charge in [0.2, 0.25) is 17.8 Å². The number of nitrogens with zero attached hydrogens (tertiary/aromatic N) is 3. The fourth-order valence-corrected chi connectivity index (χ4v) is 3.19. The van der Waals surface area contributed by atoms with Gasteiger partial charge in [-0.25, -0.2) is 0 Å². The molecule has 1 atom stereocenters. The van der Waals surface area contributed by atoms with Crippen molar-refractivity contribution in [3.05, 3.63) is 27.2 Å². The number of nitrogens with one attached hydrogen (secondary N) is 2. The van der Waals surface area contributed by atoms with Gasteiger partial charge in [0.05, 0.1) is 4.34 Å². The van der Waals surface area contributed by atoms with E-state index in [1.165, 1.54) is 5.56 Å².